The first-order chi connectivity index (χ1) is 18.5. The maximum Gasteiger partial charge on any atom is 0.472 e. The molecule has 0 aliphatic carbocycles. The van der Waals surface area contributed by atoms with E-state index in [-0.39, 0.29) is 26.1 Å². The highest BCUT2D eigenvalue weighted by Gasteiger charge is 2.27. The Morgan fingerprint density at radius 1 is 0.692 bits per heavy atom. The van der Waals surface area contributed by atoms with E-state index in [1.165, 1.54) is 64.2 Å². The number of phosphoric acid groups is 1. The third-order valence-corrected chi connectivity index (χ3v) is 7.37. The molecule has 0 spiro atoms. The lowest BCUT2D eigenvalue weighted by molar-refractivity contribution is -0.870. The summed E-state index contributed by atoms with van der Waals surface area (Å²) < 4.78 is 33.5. The monoisotopic (exact) mass is 580 g/mol. The van der Waals surface area contributed by atoms with Gasteiger partial charge in [0.05, 0.1) is 27.7 Å². The Labute approximate surface area is 238 Å². The Bertz CT molecular complexity index is 668. The molecule has 0 fully saturated rings. The van der Waals surface area contributed by atoms with Crippen LogP contribution in [0.2, 0.25) is 0 Å². The fourth-order valence-electron chi connectivity index (χ4n) is 3.87. The largest absolute Gasteiger partial charge is 0.472 e. The average molecular weight is 581 g/mol. The summed E-state index contributed by atoms with van der Waals surface area (Å²) in [6.07, 6.45) is 16.9. The van der Waals surface area contributed by atoms with Crippen molar-refractivity contribution in [2.45, 2.75) is 129 Å². The van der Waals surface area contributed by atoms with E-state index in [9.17, 15) is 19.0 Å². The van der Waals surface area contributed by atoms with E-state index in [0.29, 0.717) is 23.9 Å². The molecular weight excluding hydrogens is 521 g/mol. The molecule has 0 aromatic heterocycles. The van der Waals surface area contributed by atoms with Crippen LogP contribution in [0.3, 0.4) is 0 Å². The molecule has 0 rings (SSSR count). The lowest BCUT2D eigenvalue weighted by Crippen LogP contribution is -2.37. The first-order valence-corrected chi connectivity index (χ1v) is 16.8. The van der Waals surface area contributed by atoms with Gasteiger partial charge in [0.1, 0.15) is 19.8 Å². The molecule has 0 saturated carbocycles. The molecular formula is C29H59NO8P+. The first-order valence-electron chi connectivity index (χ1n) is 15.3. The number of quaternary nitrogens is 1. The molecule has 0 aliphatic heterocycles. The van der Waals surface area contributed by atoms with Crippen molar-refractivity contribution in [3.05, 3.63) is 0 Å². The van der Waals surface area contributed by atoms with E-state index < -0.39 is 32.5 Å². The highest BCUT2D eigenvalue weighted by atomic mass is 31.2. The van der Waals surface area contributed by atoms with Crippen molar-refractivity contribution in [1.29, 1.82) is 0 Å². The number of esters is 2. The summed E-state index contributed by atoms with van der Waals surface area (Å²) in [6, 6.07) is 0. The molecule has 232 valence electrons. The van der Waals surface area contributed by atoms with E-state index in [1.807, 2.05) is 28.1 Å². The van der Waals surface area contributed by atoms with E-state index >= 15 is 0 Å². The number of likely N-dealkylation sites (N-methyl/N-ethyl adjacent to an activating group) is 1. The quantitative estimate of drug-likeness (QED) is 0.0481. The van der Waals surface area contributed by atoms with E-state index in [0.717, 1.165) is 19.3 Å². The van der Waals surface area contributed by atoms with Crippen LogP contribution in [0.4, 0.5) is 0 Å². The number of rotatable bonds is 27. The predicted molar refractivity (Wildman–Crippen MR) is 155 cm³/mol. The number of hydrogen-bond acceptors (Lipinski definition) is 7. The molecule has 0 bridgehead atoms. The van der Waals surface area contributed by atoms with Gasteiger partial charge >= 0.3 is 19.8 Å². The normalized spacial score (nSPS) is 14.1. The summed E-state index contributed by atoms with van der Waals surface area (Å²) in [5, 5.41) is 0. The van der Waals surface area contributed by atoms with Crippen LogP contribution in [0.25, 0.3) is 0 Å². The van der Waals surface area contributed by atoms with Crippen molar-refractivity contribution in [2.24, 2.45) is 0 Å². The minimum absolute atomic E-state index is 0.0345. The summed E-state index contributed by atoms with van der Waals surface area (Å²) >= 11 is 0. The van der Waals surface area contributed by atoms with Crippen molar-refractivity contribution < 1.29 is 42.1 Å². The molecule has 1 N–H and O–H groups in total. The van der Waals surface area contributed by atoms with Crippen molar-refractivity contribution in [1.82, 2.24) is 0 Å². The zero-order valence-electron chi connectivity index (χ0n) is 25.6. The maximum atomic E-state index is 12.4. The molecule has 0 saturated heterocycles. The molecule has 39 heavy (non-hydrogen) atoms. The van der Waals surface area contributed by atoms with Gasteiger partial charge < -0.3 is 18.9 Å². The second-order valence-electron chi connectivity index (χ2n) is 11.5. The van der Waals surface area contributed by atoms with Gasteiger partial charge in [0.25, 0.3) is 0 Å². The molecule has 0 aliphatic rings. The Hall–Kier alpha value is -0.990. The number of ether oxygens (including phenoxy) is 2. The predicted octanol–water partition coefficient (Wildman–Crippen LogP) is 6.95. The van der Waals surface area contributed by atoms with Crippen molar-refractivity contribution >= 4 is 19.8 Å². The summed E-state index contributed by atoms with van der Waals surface area (Å²) in [5.74, 6) is -0.837. The van der Waals surface area contributed by atoms with Gasteiger partial charge in [-0.3, -0.25) is 18.6 Å². The standard InChI is InChI=1S/C29H58NO8P/c1-6-8-10-11-12-13-14-15-16-17-18-19-20-22-29(32)38-27(25-35-28(31)21-9-7-2)26-37-39(33,34)36-24-23-30(3,4)5/h27H,6-26H2,1-5H3/p+1. The topological polar surface area (TPSA) is 108 Å². The summed E-state index contributed by atoms with van der Waals surface area (Å²) in [7, 11) is 1.48. The number of carbonyl (C=O) groups is 2. The van der Waals surface area contributed by atoms with Crippen LogP contribution < -0.4 is 0 Å². The van der Waals surface area contributed by atoms with Gasteiger partial charge in [0, 0.05) is 12.8 Å². The van der Waals surface area contributed by atoms with Gasteiger partial charge in [-0.2, -0.15) is 0 Å². The minimum atomic E-state index is -4.33. The third kappa shape index (κ3) is 27.0. The zero-order chi connectivity index (χ0) is 29.4. The second kappa shape index (κ2) is 23.7. The average Bonchev–Trinajstić information content (AvgIpc) is 2.86. The molecule has 0 aromatic rings. The molecule has 0 aromatic carbocycles. The lowest BCUT2D eigenvalue weighted by atomic mass is 10.0. The highest BCUT2D eigenvalue weighted by Crippen LogP contribution is 2.43. The Morgan fingerprint density at radius 2 is 1.18 bits per heavy atom. The van der Waals surface area contributed by atoms with E-state index in [2.05, 4.69) is 6.92 Å². The molecule has 2 atom stereocenters. The van der Waals surface area contributed by atoms with Crippen molar-refractivity contribution in [3.63, 3.8) is 0 Å². The molecule has 0 radical (unpaired) electrons. The smallest absolute Gasteiger partial charge is 0.462 e. The van der Waals surface area contributed by atoms with Crippen LogP contribution in [0.5, 0.6) is 0 Å². The fourth-order valence-corrected chi connectivity index (χ4v) is 4.61. The molecule has 2 unspecified atom stereocenters. The summed E-state index contributed by atoms with van der Waals surface area (Å²) in [6.45, 7) is 4.13. The highest BCUT2D eigenvalue weighted by molar-refractivity contribution is 7.47. The van der Waals surface area contributed by atoms with Gasteiger partial charge in [-0.1, -0.05) is 97.3 Å². The third-order valence-electron chi connectivity index (χ3n) is 6.39. The van der Waals surface area contributed by atoms with Crippen molar-refractivity contribution in [3.8, 4) is 0 Å². The van der Waals surface area contributed by atoms with Gasteiger partial charge in [-0.25, -0.2) is 4.57 Å². The number of hydrogen-bond donors (Lipinski definition) is 1. The zero-order valence-corrected chi connectivity index (χ0v) is 26.5. The number of carbonyl (C=O) groups excluding carboxylic acids is 2. The van der Waals surface area contributed by atoms with Gasteiger partial charge in [-0.15, -0.1) is 0 Å². The van der Waals surface area contributed by atoms with Crippen molar-refractivity contribution in [2.75, 3.05) is 47.5 Å². The van der Waals surface area contributed by atoms with Gasteiger partial charge in [0.2, 0.25) is 0 Å². The molecule has 10 heteroatoms. The summed E-state index contributed by atoms with van der Waals surface area (Å²) in [4.78, 5) is 34.3. The number of nitrogens with zero attached hydrogens (tertiary/aromatic N) is 1. The van der Waals surface area contributed by atoms with Crippen LogP contribution >= 0.6 is 7.82 Å². The van der Waals surface area contributed by atoms with Gasteiger partial charge in [-0.05, 0) is 12.8 Å². The number of unbranched alkanes of at least 4 members (excludes halogenated alkanes) is 13. The maximum absolute atomic E-state index is 12.4. The summed E-state index contributed by atoms with van der Waals surface area (Å²) in [5.41, 5.74) is 0. The van der Waals surface area contributed by atoms with E-state index in [1.54, 1.807) is 0 Å². The fraction of sp³-hybridized carbons (Fsp3) is 0.931. The SMILES string of the molecule is CCCCCCCCCCCCCCCC(=O)OC(COC(=O)CCCC)COP(=O)(O)OCC[N+](C)(C)C. The molecule has 0 amide bonds. The van der Waals surface area contributed by atoms with Gasteiger partial charge in [0.15, 0.2) is 6.10 Å². The molecule has 0 heterocycles. The van der Waals surface area contributed by atoms with Crippen LogP contribution in [-0.4, -0.2) is 74.9 Å². The molecule has 9 nitrogen and oxygen atoms in total. The second-order valence-corrected chi connectivity index (χ2v) is 13.0. The minimum Gasteiger partial charge on any atom is -0.462 e. The lowest BCUT2D eigenvalue weighted by Gasteiger charge is -2.24. The Morgan fingerprint density at radius 3 is 1.69 bits per heavy atom. The van der Waals surface area contributed by atoms with E-state index in [4.69, 9.17) is 18.5 Å². The number of phosphoric ester groups is 1. The van der Waals surface area contributed by atoms with Crippen LogP contribution in [0.1, 0.15) is 123 Å². The first kappa shape index (κ1) is 38.0. The Balaban J connectivity index is 4.30. The van der Waals surface area contributed by atoms with Crippen LogP contribution in [0.15, 0.2) is 0 Å². The van der Waals surface area contributed by atoms with Crippen LogP contribution in [0, 0.1) is 0 Å². The van der Waals surface area contributed by atoms with Crippen LogP contribution in [-0.2, 0) is 32.7 Å². The Kier molecular flexibility index (Phi) is 23.1.